The monoisotopic (exact) mass is 244 g/mol. The van der Waals surface area contributed by atoms with E-state index in [4.69, 9.17) is 0 Å². The van der Waals surface area contributed by atoms with Crippen molar-refractivity contribution in [1.29, 1.82) is 0 Å². The molecule has 0 saturated heterocycles. The molecule has 18 heavy (non-hydrogen) atoms. The summed E-state index contributed by atoms with van der Waals surface area (Å²) in [4.78, 5) is 18.5. The average Bonchev–Trinajstić information content (AvgIpc) is 2.38. The van der Waals surface area contributed by atoms with Gasteiger partial charge in [0.25, 0.3) is 5.69 Å². The predicted octanol–water partition coefficient (Wildman–Crippen LogP) is 2.31. The summed E-state index contributed by atoms with van der Waals surface area (Å²) in [5.41, 5.74) is 1.60. The largest absolute Gasteiger partial charge is 0.366 e. The van der Waals surface area contributed by atoms with Gasteiger partial charge in [-0.15, -0.1) is 0 Å². The van der Waals surface area contributed by atoms with Crippen molar-refractivity contribution in [2.45, 2.75) is 13.5 Å². The Morgan fingerprint density at radius 3 is 2.94 bits per heavy atom. The minimum Gasteiger partial charge on any atom is -0.366 e. The Kier molecular flexibility index (Phi) is 3.47. The molecule has 0 atom stereocenters. The number of hydrogen-bond acceptors (Lipinski definition) is 5. The van der Waals surface area contributed by atoms with Gasteiger partial charge in [-0.3, -0.25) is 15.1 Å². The molecule has 0 unspecified atom stereocenters. The number of anilines is 1. The first kappa shape index (κ1) is 12.0. The van der Waals surface area contributed by atoms with Crippen molar-refractivity contribution in [3.05, 3.63) is 58.0 Å². The maximum atomic E-state index is 10.8. The molecule has 0 amide bonds. The van der Waals surface area contributed by atoms with E-state index in [-0.39, 0.29) is 5.69 Å². The van der Waals surface area contributed by atoms with Gasteiger partial charge < -0.3 is 5.32 Å². The van der Waals surface area contributed by atoms with E-state index < -0.39 is 4.92 Å². The van der Waals surface area contributed by atoms with Crippen molar-refractivity contribution in [3.8, 4) is 0 Å². The van der Waals surface area contributed by atoms with Crippen molar-refractivity contribution in [1.82, 2.24) is 9.97 Å². The van der Waals surface area contributed by atoms with Crippen LogP contribution >= 0.6 is 0 Å². The zero-order valence-corrected chi connectivity index (χ0v) is 9.83. The van der Waals surface area contributed by atoms with Gasteiger partial charge in [0, 0.05) is 30.7 Å². The SMILES string of the molecule is Cc1cnc(NCc2cccnc2)cc1[N+](=O)[O-]. The Bertz CT molecular complexity index is 557. The summed E-state index contributed by atoms with van der Waals surface area (Å²) in [6.07, 6.45) is 4.91. The Balaban J connectivity index is 2.11. The van der Waals surface area contributed by atoms with Gasteiger partial charge in [-0.05, 0) is 18.6 Å². The maximum absolute atomic E-state index is 10.8. The normalized spacial score (nSPS) is 10.1. The zero-order chi connectivity index (χ0) is 13.0. The second kappa shape index (κ2) is 5.22. The molecular weight excluding hydrogens is 232 g/mol. The molecule has 0 aliphatic carbocycles. The molecular formula is C12H12N4O2. The fourth-order valence-electron chi connectivity index (χ4n) is 1.50. The minimum absolute atomic E-state index is 0.0682. The molecule has 0 fully saturated rings. The van der Waals surface area contributed by atoms with E-state index >= 15 is 0 Å². The molecule has 2 rings (SSSR count). The lowest BCUT2D eigenvalue weighted by Crippen LogP contribution is -2.03. The first-order valence-electron chi connectivity index (χ1n) is 5.40. The number of hydrogen-bond donors (Lipinski definition) is 1. The van der Waals surface area contributed by atoms with Crippen LogP contribution in [-0.2, 0) is 6.54 Å². The smallest absolute Gasteiger partial charge is 0.277 e. The topological polar surface area (TPSA) is 81.0 Å². The van der Waals surface area contributed by atoms with E-state index in [2.05, 4.69) is 15.3 Å². The molecule has 0 aromatic carbocycles. The highest BCUT2D eigenvalue weighted by Crippen LogP contribution is 2.20. The third-order valence-electron chi connectivity index (χ3n) is 2.47. The van der Waals surface area contributed by atoms with E-state index in [1.807, 2.05) is 12.1 Å². The molecule has 0 saturated carbocycles. The molecule has 0 spiro atoms. The second-order valence-corrected chi connectivity index (χ2v) is 3.83. The molecule has 92 valence electrons. The fraction of sp³-hybridized carbons (Fsp3) is 0.167. The highest BCUT2D eigenvalue weighted by molar-refractivity contribution is 5.49. The molecule has 2 heterocycles. The summed E-state index contributed by atoms with van der Waals surface area (Å²) in [5.74, 6) is 0.483. The van der Waals surface area contributed by atoms with Crippen LogP contribution < -0.4 is 5.32 Å². The fourth-order valence-corrected chi connectivity index (χ4v) is 1.50. The number of nitrogens with one attached hydrogen (secondary N) is 1. The summed E-state index contributed by atoms with van der Waals surface area (Å²) in [5, 5.41) is 13.8. The van der Waals surface area contributed by atoms with Gasteiger partial charge in [0.05, 0.1) is 11.0 Å². The van der Waals surface area contributed by atoms with Crippen molar-refractivity contribution < 1.29 is 4.92 Å². The van der Waals surface area contributed by atoms with Crippen LogP contribution in [0.4, 0.5) is 11.5 Å². The van der Waals surface area contributed by atoms with Gasteiger partial charge in [-0.25, -0.2) is 4.98 Å². The lowest BCUT2D eigenvalue weighted by atomic mass is 10.2. The Labute approximate surface area is 104 Å². The summed E-state index contributed by atoms with van der Waals surface area (Å²) in [6, 6.07) is 5.19. The molecule has 2 aromatic heterocycles. The molecule has 1 N–H and O–H groups in total. The maximum Gasteiger partial charge on any atom is 0.277 e. The molecule has 2 aromatic rings. The number of aryl methyl sites for hydroxylation is 1. The van der Waals surface area contributed by atoms with Gasteiger partial charge in [0.2, 0.25) is 0 Å². The quantitative estimate of drug-likeness (QED) is 0.659. The highest BCUT2D eigenvalue weighted by Gasteiger charge is 2.11. The van der Waals surface area contributed by atoms with Crippen LogP contribution in [0.5, 0.6) is 0 Å². The van der Waals surface area contributed by atoms with Crippen LogP contribution in [0.1, 0.15) is 11.1 Å². The average molecular weight is 244 g/mol. The lowest BCUT2D eigenvalue weighted by molar-refractivity contribution is -0.385. The van der Waals surface area contributed by atoms with Gasteiger partial charge in [-0.1, -0.05) is 6.07 Å². The first-order valence-corrected chi connectivity index (χ1v) is 5.40. The predicted molar refractivity (Wildman–Crippen MR) is 67.2 cm³/mol. The second-order valence-electron chi connectivity index (χ2n) is 3.83. The molecule has 0 aliphatic heterocycles. The van der Waals surface area contributed by atoms with Crippen LogP contribution in [0.25, 0.3) is 0 Å². The van der Waals surface area contributed by atoms with Crippen LogP contribution in [0.3, 0.4) is 0 Å². The van der Waals surface area contributed by atoms with E-state index in [1.165, 1.54) is 12.3 Å². The molecule has 0 aliphatic rings. The minimum atomic E-state index is -0.410. The van der Waals surface area contributed by atoms with E-state index in [0.29, 0.717) is 17.9 Å². The van der Waals surface area contributed by atoms with Crippen LogP contribution in [-0.4, -0.2) is 14.9 Å². The van der Waals surface area contributed by atoms with Gasteiger partial charge >= 0.3 is 0 Å². The van der Waals surface area contributed by atoms with E-state index in [0.717, 1.165) is 5.56 Å². The van der Waals surface area contributed by atoms with Crippen molar-refractivity contribution >= 4 is 11.5 Å². The van der Waals surface area contributed by atoms with Gasteiger partial charge in [0.15, 0.2) is 0 Å². The Hall–Kier alpha value is -2.50. The summed E-state index contributed by atoms with van der Waals surface area (Å²) >= 11 is 0. The number of pyridine rings is 2. The number of rotatable bonds is 4. The Morgan fingerprint density at radius 2 is 2.28 bits per heavy atom. The third kappa shape index (κ3) is 2.79. The summed E-state index contributed by atoms with van der Waals surface area (Å²) < 4.78 is 0. The molecule has 6 nitrogen and oxygen atoms in total. The summed E-state index contributed by atoms with van der Waals surface area (Å²) in [7, 11) is 0. The molecule has 0 radical (unpaired) electrons. The van der Waals surface area contributed by atoms with Gasteiger partial charge in [0.1, 0.15) is 5.82 Å². The first-order chi connectivity index (χ1) is 8.66. The third-order valence-corrected chi connectivity index (χ3v) is 2.47. The Morgan fingerprint density at radius 1 is 1.44 bits per heavy atom. The molecule has 0 bridgehead atoms. The van der Waals surface area contributed by atoms with Crippen molar-refractivity contribution in [2.75, 3.05) is 5.32 Å². The number of nitro groups is 1. The van der Waals surface area contributed by atoms with Crippen LogP contribution in [0.2, 0.25) is 0 Å². The van der Waals surface area contributed by atoms with E-state index in [1.54, 1.807) is 19.3 Å². The zero-order valence-electron chi connectivity index (χ0n) is 9.83. The highest BCUT2D eigenvalue weighted by atomic mass is 16.6. The van der Waals surface area contributed by atoms with Crippen molar-refractivity contribution in [3.63, 3.8) is 0 Å². The van der Waals surface area contributed by atoms with Crippen LogP contribution in [0.15, 0.2) is 36.8 Å². The van der Waals surface area contributed by atoms with Gasteiger partial charge in [-0.2, -0.15) is 0 Å². The molecule has 6 heteroatoms. The lowest BCUT2D eigenvalue weighted by Gasteiger charge is -2.05. The van der Waals surface area contributed by atoms with Crippen LogP contribution in [0, 0.1) is 17.0 Å². The van der Waals surface area contributed by atoms with Crippen molar-refractivity contribution in [2.24, 2.45) is 0 Å². The van der Waals surface area contributed by atoms with E-state index in [9.17, 15) is 10.1 Å². The summed E-state index contributed by atoms with van der Waals surface area (Å²) in [6.45, 7) is 2.19. The number of nitrogens with zero attached hydrogens (tertiary/aromatic N) is 3. The standard InChI is InChI=1S/C12H12N4O2/c1-9-6-14-12(5-11(9)16(17)18)15-8-10-3-2-4-13-7-10/h2-7H,8H2,1H3,(H,14,15). The number of aromatic nitrogens is 2.